The predicted octanol–water partition coefficient (Wildman–Crippen LogP) is 2.68. The van der Waals surface area contributed by atoms with Crippen LogP contribution < -0.4 is 0 Å². The lowest BCUT2D eigenvalue weighted by molar-refractivity contribution is -0.135. The van der Waals surface area contributed by atoms with E-state index in [0.29, 0.717) is 30.0 Å². The summed E-state index contributed by atoms with van der Waals surface area (Å²) in [6, 6.07) is 6.87. The van der Waals surface area contributed by atoms with Gasteiger partial charge in [-0.1, -0.05) is 6.07 Å². The number of aromatic amines is 1. The van der Waals surface area contributed by atoms with Crippen LogP contribution in [-0.2, 0) is 4.79 Å². The second kappa shape index (κ2) is 8.08. The van der Waals surface area contributed by atoms with Gasteiger partial charge in [0.2, 0.25) is 5.91 Å². The SMILES string of the molecule is Cc1ccc(-c2n[nH]c(C3CCN(C(=O)CO)CC3)c2-c2ccncn2)c(F)c1. The van der Waals surface area contributed by atoms with E-state index in [9.17, 15) is 9.18 Å². The van der Waals surface area contributed by atoms with Gasteiger partial charge in [0.15, 0.2) is 0 Å². The predicted molar refractivity (Wildman–Crippen MR) is 105 cm³/mol. The molecule has 1 aromatic carbocycles. The van der Waals surface area contributed by atoms with Gasteiger partial charge in [-0.3, -0.25) is 9.89 Å². The number of hydrogen-bond acceptors (Lipinski definition) is 5. The Balaban J connectivity index is 1.74. The number of hydrogen-bond donors (Lipinski definition) is 2. The van der Waals surface area contributed by atoms with Crippen molar-refractivity contribution in [2.75, 3.05) is 19.7 Å². The summed E-state index contributed by atoms with van der Waals surface area (Å²) in [5.74, 6) is -0.467. The number of aliphatic hydroxyl groups is 1. The van der Waals surface area contributed by atoms with Gasteiger partial charge in [0.25, 0.3) is 0 Å². The first-order valence-electron chi connectivity index (χ1n) is 9.58. The fraction of sp³-hybridized carbons (Fsp3) is 0.333. The Morgan fingerprint density at radius 1 is 1.31 bits per heavy atom. The van der Waals surface area contributed by atoms with Crippen molar-refractivity contribution in [3.63, 3.8) is 0 Å². The minimum atomic E-state index is -0.474. The van der Waals surface area contributed by atoms with Crippen LogP contribution in [0, 0.1) is 12.7 Å². The number of aryl methyl sites for hydroxylation is 1. The second-order valence-electron chi connectivity index (χ2n) is 7.25. The maximum Gasteiger partial charge on any atom is 0.248 e. The van der Waals surface area contributed by atoms with Crippen molar-refractivity contribution in [1.82, 2.24) is 25.1 Å². The zero-order valence-electron chi connectivity index (χ0n) is 16.1. The molecule has 0 radical (unpaired) electrons. The van der Waals surface area contributed by atoms with Crippen LogP contribution in [0.25, 0.3) is 22.5 Å². The van der Waals surface area contributed by atoms with Crippen molar-refractivity contribution in [3.8, 4) is 22.5 Å². The van der Waals surface area contributed by atoms with E-state index >= 15 is 0 Å². The summed E-state index contributed by atoms with van der Waals surface area (Å²) < 4.78 is 14.7. The summed E-state index contributed by atoms with van der Waals surface area (Å²) in [6.45, 7) is 2.48. The molecule has 150 valence electrons. The van der Waals surface area contributed by atoms with Crippen molar-refractivity contribution in [2.45, 2.75) is 25.7 Å². The molecule has 0 spiro atoms. The van der Waals surface area contributed by atoms with E-state index in [0.717, 1.165) is 29.7 Å². The van der Waals surface area contributed by atoms with Gasteiger partial charge in [0, 0.05) is 42.0 Å². The van der Waals surface area contributed by atoms with Crippen molar-refractivity contribution >= 4 is 5.91 Å². The second-order valence-corrected chi connectivity index (χ2v) is 7.25. The number of likely N-dealkylation sites (tertiary alicyclic amines) is 1. The van der Waals surface area contributed by atoms with Crippen molar-refractivity contribution in [3.05, 3.63) is 53.9 Å². The summed E-state index contributed by atoms with van der Waals surface area (Å²) in [4.78, 5) is 21.8. The molecular weight excluding hydrogens is 373 g/mol. The van der Waals surface area contributed by atoms with Crippen LogP contribution in [0.1, 0.15) is 30.0 Å². The van der Waals surface area contributed by atoms with E-state index in [1.54, 1.807) is 23.2 Å². The van der Waals surface area contributed by atoms with Crippen LogP contribution in [0.15, 0.2) is 36.8 Å². The topological polar surface area (TPSA) is 95.0 Å². The average Bonchev–Trinajstić information content (AvgIpc) is 3.18. The monoisotopic (exact) mass is 395 g/mol. The van der Waals surface area contributed by atoms with Crippen LogP contribution in [0.2, 0.25) is 0 Å². The molecule has 3 heterocycles. The first-order chi connectivity index (χ1) is 14.1. The molecule has 0 aliphatic carbocycles. The van der Waals surface area contributed by atoms with E-state index in [-0.39, 0.29) is 17.6 Å². The average molecular weight is 395 g/mol. The summed E-state index contributed by atoms with van der Waals surface area (Å²) in [7, 11) is 0. The number of amides is 1. The van der Waals surface area contributed by atoms with Crippen LogP contribution in [0.4, 0.5) is 4.39 Å². The number of nitrogens with one attached hydrogen (secondary N) is 1. The summed E-state index contributed by atoms with van der Waals surface area (Å²) in [5.41, 5.74) is 4.10. The number of benzene rings is 1. The van der Waals surface area contributed by atoms with Gasteiger partial charge in [-0.25, -0.2) is 14.4 Å². The van der Waals surface area contributed by atoms with E-state index in [1.807, 2.05) is 13.0 Å². The Labute approximate surface area is 167 Å². The molecule has 0 saturated carbocycles. The summed E-state index contributed by atoms with van der Waals surface area (Å²) in [6.07, 6.45) is 4.56. The molecule has 0 unspecified atom stereocenters. The molecule has 3 aromatic rings. The number of piperidine rings is 1. The zero-order valence-corrected chi connectivity index (χ0v) is 16.1. The maximum absolute atomic E-state index is 14.7. The third kappa shape index (κ3) is 3.75. The van der Waals surface area contributed by atoms with Crippen molar-refractivity contribution in [2.24, 2.45) is 0 Å². The Kier molecular flexibility index (Phi) is 5.35. The molecule has 2 N–H and O–H groups in total. The molecule has 2 aromatic heterocycles. The molecule has 4 rings (SSSR count). The van der Waals surface area contributed by atoms with Gasteiger partial charge in [-0.05, 0) is 43.5 Å². The van der Waals surface area contributed by atoms with Gasteiger partial charge < -0.3 is 10.0 Å². The number of carbonyl (C=O) groups is 1. The number of carbonyl (C=O) groups excluding carboxylic acids is 1. The fourth-order valence-corrected chi connectivity index (χ4v) is 3.87. The van der Waals surface area contributed by atoms with Crippen molar-refractivity contribution in [1.29, 1.82) is 0 Å². The highest BCUT2D eigenvalue weighted by molar-refractivity contribution is 5.81. The molecule has 0 atom stereocenters. The number of nitrogens with zero attached hydrogens (tertiary/aromatic N) is 4. The minimum absolute atomic E-state index is 0.123. The lowest BCUT2D eigenvalue weighted by Crippen LogP contribution is -2.39. The largest absolute Gasteiger partial charge is 0.387 e. The molecule has 1 amide bonds. The smallest absolute Gasteiger partial charge is 0.248 e. The highest BCUT2D eigenvalue weighted by Crippen LogP contribution is 2.39. The lowest BCUT2D eigenvalue weighted by Gasteiger charge is -2.31. The van der Waals surface area contributed by atoms with Gasteiger partial charge >= 0.3 is 0 Å². The van der Waals surface area contributed by atoms with Gasteiger partial charge in [0.1, 0.15) is 24.4 Å². The van der Waals surface area contributed by atoms with Crippen LogP contribution in [-0.4, -0.2) is 55.8 Å². The van der Waals surface area contributed by atoms with Crippen molar-refractivity contribution < 1.29 is 14.3 Å². The highest BCUT2D eigenvalue weighted by atomic mass is 19.1. The minimum Gasteiger partial charge on any atom is -0.387 e. The molecule has 8 heteroatoms. The van der Waals surface area contributed by atoms with Crippen LogP contribution in [0.3, 0.4) is 0 Å². The molecule has 1 aliphatic rings. The van der Waals surface area contributed by atoms with E-state index < -0.39 is 6.61 Å². The van der Waals surface area contributed by atoms with Crippen LogP contribution in [0.5, 0.6) is 0 Å². The maximum atomic E-state index is 14.7. The highest BCUT2D eigenvalue weighted by Gasteiger charge is 2.29. The van der Waals surface area contributed by atoms with Gasteiger partial charge in [-0.15, -0.1) is 0 Å². The number of aromatic nitrogens is 4. The third-order valence-corrected chi connectivity index (χ3v) is 5.40. The normalized spacial score (nSPS) is 14.9. The summed E-state index contributed by atoms with van der Waals surface area (Å²) >= 11 is 0. The first-order valence-corrected chi connectivity index (χ1v) is 9.58. The van der Waals surface area contributed by atoms with Gasteiger partial charge in [-0.2, -0.15) is 5.10 Å². The molecule has 1 fully saturated rings. The fourth-order valence-electron chi connectivity index (χ4n) is 3.87. The zero-order chi connectivity index (χ0) is 20.4. The third-order valence-electron chi connectivity index (χ3n) is 5.40. The number of aliphatic hydroxyl groups excluding tert-OH is 1. The number of H-pyrrole nitrogens is 1. The Morgan fingerprint density at radius 3 is 2.76 bits per heavy atom. The Bertz CT molecular complexity index is 1010. The van der Waals surface area contributed by atoms with Crippen LogP contribution >= 0.6 is 0 Å². The molecule has 0 bridgehead atoms. The molecule has 7 nitrogen and oxygen atoms in total. The molecule has 1 saturated heterocycles. The molecule has 29 heavy (non-hydrogen) atoms. The quantitative estimate of drug-likeness (QED) is 0.708. The molecule has 1 aliphatic heterocycles. The summed E-state index contributed by atoms with van der Waals surface area (Å²) in [5, 5.41) is 16.6. The van der Waals surface area contributed by atoms with E-state index in [4.69, 9.17) is 5.11 Å². The van der Waals surface area contributed by atoms with Gasteiger partial charge in [0.05, 0.1) is 5.69 Å². The number of halogens is 1. The van der Waals surface area contributed by atoms with E-state index in [1.165, 1.54) is 12.4 Å². The first kappa shape index (κ1) is 19.2. The standard InChI is InChI=1S/C21H22FN5O2/c1-13-2-3-15(16(22)10-13)21-19(17-4-7-23-12-24-17)20(25-26-21)14-5-8-27(9-6-14)18(29)11-28/h2-4,7,10,12,14,28H,5-6,8-9,11H2,1H3,(H,25,26). The lowest BCUT2D eigenvalue weighted by atomic mass is 9.88. The Morgan fingerprint density at radius 2 is 2.10 bits per heavy atom. The Hall–Kier alpha value is -3.13. The molecular formula is C21H22FN5O2. The number of rotatable bonds is 4. The van der Waals surface area contributed by atoms with E-state index in [2.05, 4.69) is 20.2 Å².